The Bertz CT molecular complexity index is 2020. The monoisotopic (exact) mass is 576 g/mol. The number of ether oxygens (including phenoxy) is 2. The third-order valence-electron chi connectivity index (χ3n) is 8.94. The van der Waals surface area contributed by atoms with Crippen LogP contribution in [0.5, 0.6) is 11.5 Å². The van der Waals surface area contributed by atoms with Crippen LogP contribution in [0.25, 0.3) is 45.1 Å². The molecule has 2 heterocycles. The lowest BCUT2D eigenvalue weighted by Gasteiger charge is -2.18. The van der Waals surface area contributed by atoms with Gasteiger partial charge in [-0.15, -0.1) is 0 Å². The van der Waals surface area contributed by atoms with Crippen LogP contribution in [0, 0.1) is 0 Å². The zero-order valence-corrected chi connectivity index (χ0v) is 24.2. The summed E-state index contributed by atoms with van der Waals surface area (Å²) in [6.07, 6.45) is 3.83. The van der Waals surface area contributed by atoms with Crippen molar-refractivity contribution in [2.75, 3.05) is 14.2 Å². The third kappa shape index (κ3) is 3.88. The van der Waals surface area contributed by atoms with Crippen molar-refractivity contribution in [3.63, 3.8) is 0 Å². The Morgan fingerprint density at radius 3 is 1.32 bits per heavy atom. The van der Waals surface area contributed by atoms with Gasteiger partial charge in [0.2, 0.25) is 0 Å². The van der Waals surface area contributed by atoms with Crippen LogP contribution >= 0.6 is 0 Å². The predicted molar refractivity (Wildman–Crippen MR) is 174 cm³/mol. The summed E-state index contributed by atoms with van der Waals surface area (Å²) in [4.78, 5) is 36.3. The molecule has 0 aliphatic heterocycles. The van der Waals surface area contributed by atoms with E-state index in [0.717, 1.165) is 66.9 Å². The second-order valence-corrected chi connectivity index (χ2v) is 11.3. The average molecular weight is 577 g/mol. The summed E-state index contributed by atoms with van der Waals surface area (Å²) < 4.78 is 10.7. The van der Waals surface area contributed by atoms with Crippen LogP contribution in [0.4, 0.5) is 0 Å². The number of aromatic nitrogens is 2. The Labute approximate surface area is 253 Å². The Morgan fingerprint density at radius 1 is 0.545 bits per heavy atom. The van der Waals surface area contributed by atoms with Gasteiger partial charge in [-0.3, -0.25) is 9.59 Å². The second-order valence-electron chi connectivity index (χ2n) is 11.3. The van der Waals surface area contributed by atoms with Gasteiger partial charge < -0.3 is 19.4 Å². The zero-order valence-electron chi connectivity index (χ0n) is 24.2. The van der Waals surface area contributed by atoms with Gasteiger partial charge in [0.1, 0.15) is 11.5 Å². The van der Waals surface area contributed by atoms with E-state index in [1.54, 1.807) is 14.2 Å². The largest absolute Gasteiger partial charge is 0.497 e. The van der Waals surface area contributed by atoms with E-state index in [2.05, 4.69) is 9.97 Å². The molecular weight excluding hydrogens is 548 g/mol. The average Bonchev–Trinajstić information content (AvgIpc) is 3.76. The number of methoxy groups -OCH3 is 2. The minimum Gasteiger partial charge on any atom is -0.497 e. The number of para-hydroxylation sites is 2. The lowest BCUT2D eigenvalue weighted by Crippen LogP contribution is -2.20. The van der Waals surface area contributed by atoms with Crippen molar-refractivity contribution in [3.05, 3.63) is 131 Å². The van der Waals surface area contributed by atoms with Crippen LogP contribution in [0.15, 0.2) is 97.1 Å². The van der Waals surface area contributed by atoms with Crippen molar-refractivity contribution >= 4 is 56.7 Å². The third-order valence-corrected chi connectivity index (χ3v) is 8.94. The highest BCUT2D eigenvalue weighted by Gasteiger charge is 2.51. The van der Waals surface area contributed by atoms with Gasteiger partial charge in [-0.05, 0) is 70.8 Å². The molecule has 2 aliphatic carbocycles. The van der Waals surface area contributed by atoms with Crippen molar-refractivity contribution in [1.29, 1.82) is 0 Å². The first kappa shape index (κ1) is 26.0. The van der Waals surface area contributed by atoms with Crippen molar-refractivity contribution in [3.8, 4) is 11.5 Å². The number of fused-ring (bicyclic) bond motifs is 6. The van der Waals surface area contributed by atoms with Gasteiger partial charge in [0.05, 0.1) is 37.4 Å². The molecule has 0 spiro atoms. The number of allylic oxidation sites excluding steroid dienone is 2. The fourth-order valence-electron chi connectivity index (χ4n) is 6.90. The van der Waals surface area contributed by atoms with Gasteiger partial charge in [0.15, 0.2) is 11.6 Å². The minimum absolute atomic E-state index is 0.0619. The summed E-state index contributed by atoms with van der Waals surface area (Å²) in [5, 5.41) is 1.92. The highest BCUT2D eigenvalue weighted by Crippen LogP contribution is 2.55. The number of carbonyl (C=O) groups excluding carboxylic acids is 2. The van der Waals surface area contributed by atoms with E-state index in [9.17, 15) is 9.59 Å². The molecule has 2 atom stereocenters. The Kier molecular flexibility index (Phi) is 5.91. The highest BCUT2D eigenvalue weighted by molar-refractivity contribution is 6.39. The minimum atomic E-state index is -0.683. The Morgan fingerprint density at radius 2 is 0.932 bits per heavy atom. The number of benzene rings is 4. The molecule has 214 valence electrons. The molecule has 6 aromatic rings. The number of hydrogen-bond donors (Lipinski definition) is 2. The van der Waals surface area contributed by atoms with Crippen LogP contribution in [-0.4, -0.2) is 35.8 Å². The molecule has 8 rings (SSSR count). The number of aromatic amines is 2. The van der Waals surface area contributed by atoms with Gasteiger partial charge in [0.25, 0.3) is 0 Å². The van der Waals surface area contributed by atoms with Crippen LogP contribution in [0.2, 0.25) is 0 Å². The maximum absolute atomic E-state index is 14.6. The second kappa shape index (κ2) is 9.99. The maximum Gasteiger partial charge on any atom is 0.173 e. The van der Waals surface area contributed by atoms with Gasteiger partial charge in [-0.2, -0.15) is 0 Å². The fraction of sp³-hybridized carbons (Fsp3) is 0.105. The molecule has 44 heavy (non-hydrogen) atoms. The van der Waals surface area contributed by atoms with Gasteiger partial charge in [-0.25, -0.2) is 0 Å². The summed E-state index contributed by atoms with van der Waals surface area (Å²) >= 11 is 0. The van der Waals surface area contributed by atoms with Crippen molar-refractivity contribution < 1.29 is 19.1 Å². The van der Waals surface area contributed by atoms with Crippen LogP contribution in [0.3, 0.4) is 0 Å². The number of nitrogens with one attached hydrogen (secondary N) is 2. The van der Waals surface area contributed by atoms with E-state index >= 15 is 0 Å². The molecule has 0 radical (unpaired) electrons. The summed E-state index contributed by atoms with van der Waals surface area (Å²) in [6, 6.07) is 31.3. The Balaban J connectivity index is 1.34. The van der Waals surface area contributed by atoms with Gasteiger partial charge in [-0.1, -0.05) is 60.7 Å². The molecule has 0 amide bonds. The van der Waals surface area contributed by atoms with E-state index in [1.807, 2.05) is 109 Å². The van der Waals surface area contributed by atoms with E-state index in [4.69, 9.17) is 9.47 Å². The van der Waals surface area contributed by atoms with Crippen LogP contribution in [0.1, 0.15) is 45.5 Å². The molecule has 6 nitrogen and oxygen atoms in total. The standard InChI is InChI=1S/C38H28N2O4/c1-43-23-15-11-21(12-16-23)19-27-35-31(25-7-3-5-9-29(25)39-35)33(37(27)41)34-32-26-8-4-6-10-30(26)40-36(32)28(38(34)42)20-22-13-17-24(44-2)18-14-22/h3-20,33-34,39-40H,1-2H3/b27-19+,28-20+. The first-order valence-electron chi connectivity index (χ1n) is 14.6. The number of rotatable bonds is 5. The molecule has 2 aliphatic rings. The number of H-pyrrole nitrogens is 2. The number of hydrogen-bond acceptors (Lipinski definition) is 4. The molecular formula is C38H28N2O4. The molecule has 2 N–H and O–H groups in total. The summed E-state index contributed by atoms with van der Waals surface area (Å²) in [5.41, 5.74) is 8.11. The van der Waals surface area contributed by atoms with Crippen LogP contribution < -0.4 is 9.47 Å². The van der Waals surface area contributed by atoms with Crippen molar-refractivity contribution in [1.82, 2.24) is 9.97 Å². The number of Topliss-reactive ketones (excluding diaryl/α,β-unsaturated/α-hetero) is 2. The molecule has 2 aromatic heterocycles. The van der Waals surface area contributed by atoms with Gasteiger partial charge >= 0.3 is 0 Å². The fourth-order valence-corrected chi connectivity index (χ4v) is 6.90. The number of carbonyl (C=O) groups is 2. The first-order valence-corrected chi connectivity index (χ1v) is 14.6. The smallest absolute Gasteiger partial charge is 0.173 e. The van der Waals surface area contributed by atoms with E-state index < -0.39 is 11.8 Å². The Hall–Kier alpha value is -5.62. The topological polar surface area (TPSA) is 84.2 Å². The summed E-state index contributed by atoms with van der Waals surface area (Å²) in [6.45, 7) is 0. The quantitative estimate of drug-likeness (QED) is 0.205. The molecule has 0 fully saturated rings. The van der Waals surface area contributed by atoms with Crippen molar-refractivity contribution in [2.24, 2.45) is 0 Å². The highest BCUT2D eigenvalue weighted by atomic mass is 16.5. The zero-order chi connectivity index (χ0) is 29.9. The molecule has 0 saturated heterocycles. The summed E-state index contributed by atoms with van der Waals surface area (Å²) in [5.74, 6) is -0.000663. The molecule has 2 unspecified atom stereocenters. The molecule has 0 saturated carbocycles. The van der Waals surface area contributed by atoms with E-state index in [0.29, 0.717) is 11.1 Å². The summed E-state index contributed by atoms with van der Waals surface area (Å²) in [7, 11) is 3.26. The van der Waals surface area contributed by atoms with Gasteiger partial charge in [0, 0.05) is 33.0 Å². The predicted octanol–water partition coefficient (Wildman–Crippen LogP) is 7.78. The van der Waals surface area contributed by atoms with Crippen LogP contribution in [-0.2, 0) is 9.59 Å². The van der Waals surface area contributed by atoms with E-state index in [-0.39, 0.29) is 11.6 Å². The normalized spacial score (nSPS) is 19.3. The van der Waals surface area contributed by atoms with Crippen molar-refractivity contribution in [2.45, 2.75) is 11.8 Å². The lowest BCUT2D eigenvalue weighted by atomic mass is 9.80. The van der Waals surface area contributed by atoms with E-state index in [1.165, 1.54) is 0 Å². The molecule has 4 aromatic carbocycles. The SMILES string of the molecule is COc1ccc(/C=C2/C(=O)C(C3C(=O)/C(=C/c4ccc(OC)cc4)c4[nH]c5ccccc5c43)c3c2[nH]c2ccccc32)cc1. The lowest BCUT2D eigenvalue weighted by molar-refractivity contribution is -0.120. The first-order chi connectivity index (χ1) is 21.6. The molecule has 0 bridgehead atoms. The number of ketones is 2. The maximum atomic E-state index is 14.6. The molecule has 6 heteroatoms.